The minimum Gasteiger partial charge on any atom is -0.756 e. The normalized spacial score (nSPS) is 28.3. The molecule has 8 nitrogen and oxygen atoms in total. The van der Waals surface area contributed by atoms with Crippen molar-refractivity contribution >= 4 is 13.8 Å². The molecule has 4 aliphatic carbocycles. The standard InChI is InChI=1S/C42H78NO7P/c1-5-6-7-8-9-10-11-12-13-17-20-23-40(44)48-32-35(33-50-51(45,46)49-30-28-43(2,3)4)47-29-21-18-15-14-16-19-22-34-24-25-38-39(31-34)42-37-27-26-36(37)41(38)42/h34-39,41-42H,5-33H2,1-4H3/t34?,35-,36?,37?,38?,39?,41?,42?/m1/s1. The summed E-state index contributed by atoms with van der Waals surface area (Å²) in [4.78, 5) is 24.9. The first-order valence-corrected chi connectivity index (χ1v) is 23.2. The van der Waals surface area contributed by atoms with Crippen LogP contribution >= 0.6 is 7.82 Å². The van der Waals surface area contributed by atoms with E-state index in [4.69, 9.17) is 18.5 Å². The molecule has 51 heavy (non-hydrogen) atoms. The molecule has 0 saturated heterocycles. The third-order valence-corrected chi connectivity index (χ3v) is 14.0. The van der Waals surface area contributed by atoms with Crippen LogP contribution in [0.15, 0.2) is 0 Å². The summed E-state index contributed by atoms with van der Waals surface area (Å²) in [6, 6.07) is 0. The van der Waals surface area contributed by atoms with Gasteiger partial charge in [-0.15, -0.1) is 0 Å². The number of carbonyl (C=O) groups is 1. The van der Waals surface area contributed by atoms with Crippen molar-refractivity contribution in [2.45, 2.75) is 167 Å². The molecular formula is C42H78NO7P. The second-order valence-corrected chi connectivity index (χ2v) is 19.4. The van der Waals surface area contributed by atoms with Crippen molar-refractivity contribution in [3.63, 3.8) is 0 Å². The van der Waals surface area contributed by atoms with Crippen LogP contribution in [-0.2, 0) is 27.9 Å². The Labute approximate surface area is 313 Å². The Bertz CT molecular complexity index is 1010. The molecule has 0 radical (unpaired) electrons. The molecule has 4 aliphatic rings. The number of unbranched alkanes of at least 4 members (excludes halogenated alkanes) is 15. The number of carbonyl (C=O) groups excluding carboxylic acids is 1. The van der Waals surface area contributed by atoms with Crippen molar-refractivity contribution in [3.8, 4) is 0 Å². The van der Waals surface area contributed by atoms with Gasteiger partial charge in [-0.05, 0) is 80.0 Å². The number of rotatable bonds is 31. The number of ether oxygens (including phenoxy) is 2. The van der Waals surface area contributed by atoms with E-state index in [1.807, 2.05) is 21.1 Å². The van der Waals surface area contributed by atoms with E-state index in [-0.39, 0.29) is 25.8 Å². The molecule has 9 atom stereocenters. The largest absolute Gasteiger partial charge is 0.756 e. The number of phosphoric acid groups is 1. The molecule has 0 aromatic carbocycles. The summed E-state index contributed by atoms with van der Waals surface area (Å²) in [5.74, 6) is 7.54. The van der Waals surface area contributed by atoms with E-state index >= 15 is 0 Å². The molecule has 4 saturated carbocycles. The number of hydrogen-bond acceptors (Lipinski definition) is 7. The number of quaternary nitrogens is 1. The molecule has 0 bridgehead atoms. The molecule has 0 aromatic heterocycles. The molecule has 298 valence electrons. The molecule has 0 N–H and O–H groups in total. The molecular weight excluding hydrogens is 661 g/mol. The smallest absolute Gasteiger partial charge is 0.305 e. The molecule has 8 unspecified atom stereocenters. The minimum atomic E-state index is -4.48. The second kappa shape index (κ2) is 22.8. The number of fused-ring (bicyclic) bond motifs is 7. The highest BCUT2D eigenvalue weighted by Gasteiger charge is 2.68. The maximum absolute atomic E-state index is 12.5. The van der Waals surface area contributed by atoms with Crippen LogP contribution in [0.25, 0.3) is 0 Å². The first-order valence-electron chi connectivity index (χ1n) is 21.8. The Hall–Kier alpha value is -0.500. The molecule has 4 rings (SSSR count). The van der Waals surface area contributed by atoms with Crippen LogP contribution in [0, 0.1) is 41.4 Å². The average molecular weight is 740 g/mol. The lowest BCUT2D eigenvalue weighted by molar-refractivity contribution is -0.870. The van der Waals surface area contributed by atoms with Gasteiger partial charge >= 0.3 is 5.97 Å². The van der Waals surface area contributed by atoms with E-state index in [9.17, 15) is 14.3 Å². The number of hydrogen-bond donors (Lipinski definition) is 0. The van der Waals surface area contributed by atoms with E-state index in [1.54, 1.807) is 12.8 Å². The summed E-state index contributed by atoms with van der Waals surface area (Å²) in [5.41, 5.74) is 0. The Morgan fingerprint density at radius 3 is 1.86 bits per heavy atom. The molecule has 0 spiro atoms. The van der Waals surface area contributed by atoms with Gasteiger partial charge in [0.15, 0.2) is 0 Å². The van der Waals surface area contributed by atoms with Gasteiger partial charge in [-0.2, -0.15) is 0 Å². The molecule has 0 aliphatic heterocycles. The van der Waals surface area contributed by atoms with Crippen LogP contribution < -0.4 is 4.89 Å². The number of esters is 1. The summed E-state index contributed by atoms with van der Waals surface area (Å²) >= 11 is 0. The van der Waals surface area contributed by atoms with Crippen molar-refractivity contribution in [1.29, 1.82) is 0 Å². The van der Waals surface area contributed by atoms with Crippen LogP contribution in [0.2, 0.25) is 0 Å². The van der Waals surface area contributed by atoms with Gasteiger partial charge in [0.25, 0.3) is 7.82 Å². The van der Waals surface area contributed by atoms with E-state index in [0.717, 1.165) is 73.5 Å². The van der Waals surface area contributed by atoms with Crippen molar-refractivity contribution in [2.75, 3.05) is 54.1 Å². The zero-order chi connectivity index (χ0) is 36.5. The van der Waals surface area contributed by atoms with Crippen LogP contribution in [0.5, 0.6) is 0 Å². The van der Waals surface area contributed by atoms with Gasteiger partial charge in [-0.25, -0.2) is 0 Å². The maximum Gasteiger partial charge on any atom is 0.305 e. The monoisotopic (exact) mass is 740 g/mol. The quantitative estimate of drug-likeness (QED) is 0.0302. The lowest BCUT2D eigenvalue weighted by Crippen LogP contribution is -2.69. The van der Waals surface area contributed by atoms with E-state index in [2.05, 4.69) is 6.92 Å². The fourth-order valence-electron chi connectivity index (χ4n) is 9.96. The Kier molecular flexibility index (Phi) is 19.3. The van der Waals surface area contributed by atoms with Gasteiger partial charge < -0.3 is 27.9 Å². The van der Waals surface area contributed by atoms with E-state index < -0.39 is 13.9 Å². The van der Waals surface area contributed by atoms with Gasteiger partial charge in [0, 0.05) is 13.0 Å². The summed E-state index contributed by atoms with van der Waals surface area (Å²) in [5, 5.41) is 0. The van der Waals surface area contributed by atoms with Crippen LogP contribution in [0.1, 0.15) is 161 Å². The summed E-state index contributed by atoms with van der Waals surface area (Å²) in [6.45, 7) is 3.09. The number of likely N-dealkylation sites (N-methyl/N-ethyl adjacent to an activating group) is 1. The van der Waals surface area contributed by atoms with Gasteiger partial charge in [0.1, 0.15) is 25.9 Å². The highest BCUT2D eigenvalue weighted by Crippen LogP contribution is 2.74. The van der Waals surface area contributed by atoms with Crippen molar-refractivity contribution in [3.05, 3.63) is 0 Å². The minimum absolute atomic E-state index is 0.0127. The highest BCUT2D eigenvalue weighted by molar-refractivity contribution is 7.45. The average Bonchev–Trinajstić information content (AvgIpc) is 3.07. The zero-order valence-corrected chi connectivity index (χ0v) is 34.3. The Balaban J connectivity index is 1.03. The number of phosphoric ester groups is 1. The second-order valence-electron chi connectivity index (χ2n) is 18.0. The summed E-state index contributed by atoms with van der Waals surface area (Å²) < 4.78 is 34.8. The zero-order valence-electron chi connectivity index (χ0n) is 33.4. The van der Waals surface area contributed by atoms with Crippen molar-refractivity contribution < 1.29 is 37.3 Å². The topological polar surface area (TPSA) is 94.1 Å². The Morgan fingerprint density at radius 2 is 1.24 bits per heavy atom. The van der Waals surface area contributed by atoms with Gasteiger partial charge in [0.2, 0.25) is 0 Å². The summed E-state index contributed by atoms with van der Waals surface area (Å²) in [7, 11) is 1.43. The Morgan fingerprint density at radius 1 is 0.686 bits per heavy atom. The van der Waals surface area contributed by atoms with Crippen molar-refractivity contribution in [1.82, 2.24) is 0 Å². The third kappa shape index (κ3) is 15.3. The number of nitrogens with zero attached hydrogens (tertiary/aromatic N) is 1. The molecule has 0 amide bonds. The maximum atomic E-state index is 12.5. The predicted octanol–water partition coefficient (Wildman–Crippen LogP) is 9.87. The van der Waals surface area contributed by atoms with Gasteiger partial charge in [0.05, 0.1) is 27.7 Å². The van der Waals surface area contributed by atoms with Crippen LogP contribution in [0.4, 0.5) is 0 Å². The van der Waals surface area contributed by atoms with Gasteiger partial charge in [-0.3, -0.25) is 9.36 Å². The SMILES string of the molecule is CCCCCCCCCCCCCC(=O)OC[C@H](COP(=O)([O-])OCC[N+](C)(C)C)OCCCCCCCCC1CCC2C(C1)C1C3CCC3C21. The highest BCUT2D eigenvalue weighted by atomic mass is 31.2. The van der Waals surface area contributed by atoms with Gasteiger partial charge in [-0.1, -0.05) is 116 Å². The predicted molar refractivity (Wildman–Crippen MR) is 204 cm³/mol. The third-order valence-electron chi connectivity index (χ3n) is 13.1. The fraction of sp³-hybridized carbons (Fsp3) is 0.976. The first kappa shape index (κ1) is 43.2. The molecule has 4 fully saturated rings. The molecule has 9 heteroatoms. The first-order chi connectivity index (χ1) is 24.6. The van der Waals surface area contributed by atoms with Crippen molar-refractivity contribution in [2.24, 2.45) is 41.4 Å². The van der Waals surface area contributed by atoms with Crippen LogP contribution in [-0.4, -0.2) is 70.7 Å². The van der Waals surface area contributed by atoms with Crippen LogP contribution in [0.3, 0.4) is 0 Å². The van der Waals surface area contributed by atoms with E-state index in [1.165, 1.54) is 103 Å². The van der Waals surface area contributed by atoms with E-state index in [0.29, 0.717) is 24.1 Å². The lowest BCUT2D eigenvalue weighted by Gasteiger charge is -2.74. The molecule has 0 aromatic rings. The fourth-order valence-corrected chi connectivity index (χ4v) is 10.7. The lowest BCUT2D eigenvalue weighted by atomic mass is 9.30. The molecule has 0 heterocycles. The summed E-state index contributed by atoms with van der Waals surface area (Å²) in [6.07, 6.45) is 29.4.